The van der Waals surface area contributed by atoms with Crippen LogP contribution in [0.2, 0.25) is 10.2 Å². The summed E-state index contributed by atoms with van der Waals surface area (Å²) in [5.74, 6) is -0.470. The summed E-state index contributed by atoms with van der Waals surface area (Å²) in [4.78, 5) is 0. The highest BCUT2D eigenvalue weighted by molar-refractivity contribution is 6.33. The molecule has 0 N–H and O–H groups in total. The van der Waals surface area contributed by atoms with Crippen LogP contribution in [0.15, 0.2) is 54.6 Å². The van der Waals surface area contributed by atoms with Crippen LogP contribution in [0.4, 0.5) is 4.39 Å². The third kappa shape index (κ3) is 2.30. The fraction of sp³-hybridized carbons (Fsp3) is 0. The van der Waals surface area contributed by atoms with E-state index in [-0.39, 0.29) is 10.7 Å². The quantitative estimate of drug-likeness (QED) is 0.652. The van der Waals surface area contributed by atoms with Gasteiger partial charge in [-0.1, -0.05) is 59.6 Å². The van der Waals surface area contributed by atoms with E-state index in [1.807, 2.05) is 30.3 Å². The highest BCUT2D eigenvalue weighted by Crippen LogP contribution is 2.29. The molecule has 3 aromatic rings. The summed E-state index contributed by atoms with van der Waals surface area (Å²) in [5, 5.41) is 4.89. The Morgan fingerprint density at radius 2 is 1.70 bits per heavy atom. The van der Waals surface area contributed by atoms with Crippen LogP contribution in [0.1, 0.15) is 0 Å². The van der Waals surface area contributed by atoms with Gasteiger partial charge in [-0.25, -0.2) is 9.07 Å². The Bertz CT molecular complexity index is 734. The van der Waals surface area contributed by atoms with Crippen molar-refractivity contribution in [3.05, 3.63) is 70.6 Å². The normalized spacial score (nSPS) is 10.8. The number of nitrogens with zero attached hydrogens (tertiary/aromatic N) is 2. The summed E-state index contributed by atoms with van der Waals surface area (Å²) >= 11 is 12.2. The minimum absolute atomic E-state index is 0.154. The second-order valence-corrected chi connectivity index (χ2v) is 4.99. The van der Waals surface area contributed by atoms with Gasteiger partial charge in [0, 0.05) is 11.6 Å². The maximum atomic E-state index is 13.9. The first kappa shape index (κ1) is 13.2. The molecule has 0 bridgehead atoms. The molecule has 1 aromatic heterocycles. The topological polar surface area (TPSA) is 17.8 Å². The second-order valence-electron chi connectivity index (χ2n) is 4.20. The van der Waals surface area contributed by atoms with Crippen molar-refractivity contribution in [1.29, 1.82) is 0 Å². The Morgan fingerprint density at radius 1 is 0.950 bits per heavy atom. The Balaban J connectivity index is 2.15. The van der Waals surface area contributed by atoms with Gasteiger partial charge in [0.15, 0.2) is 0 Å². The van der Waals surface area contributed by atoms with Crippen molar-refractivity contribution in [2.75, 3.05) is 0 Å². The van der Waals surface area contributed by atoms with Crippen LogP contribution in [0.5, 0.6) is 0 Å². The van der Waals surface area contributed by atoms with Crippen LogP contribution in [0.3, 0.4) is 0 Å². The number of para-hydroxylation sites is 1. The zero-order valence-electron chi connectivity index (χ0n) is 10.2. The number of hydrogen-bond donors (Lipinski definition) is 0. The number of rotatable bonds is 2. The minimum Gasteiger partial charge on any atom is -0.217 e. The molecule has 0 radical (unpaired) electrons. The summed E-state index contributed by atoms with van der Waals surface area (Å²) < 4.78 is 15.2. The molecular weight excluding hydrogens is 298 g/mol. The summed E-state index contributed by atoms with van der Waals surface area (Å²) in [7, 11) is 0. The molecule has 0 saturated heterocycles. The molecule has 0 aliphatic carbocycles. The van der Waals surface area contributed by atoms with E-state index < -0.39 is 5.82 Å². The van der Waals surface area contributed by atoms with E-state index in [1.165, 1.54) is 16.8 Å². The lowest BCUT2D eigenvalue weighted by molar-refractivity contribution is 0.611. The lowest BCUT2D eigenvalue weighted by atomic mass is 10.2. The van der Waals surface area contributed by atoms with E-state index >= 15 is 0 Å². The zero-order valence-corrected chi connectivity index (χ0v) is 11.7. The Labute approximate surface area is 125 Å². The first-order chi connectivity index (χ1) is 9.66. The molecule has 0 atom stereocenters. The fourth-order valence-corrected chi connectivity index (χ4v) is 2.43. The van der Waals surface area contributed by atoms with Gasteiger partial charge in [-0.2, -0.15) is 5.10 Å². The van der Waals surface area contributed by atoms with E-state index in [9.17, 15) is 4.39 Å². The number of hydrogen-bond acceptors (Lipinski definition) is 1. The van der Waals surface area contributed by atoms with Gasteiger partial charge < -0.3 is 0 Å². The monoisotopic (exact) mass is 306 g/mol. The molecular formula is C15H9Cl2FN2. The van der Waals surface area contributed by atoms with Gasteiger partial charge in [-0.05, 0) is 12.1 Å². The number of aromatic nitrogens is 2. The standard InChI is InChI=1S/C15H9Cl2FN2/c16-11-7-4-8-12(18)15(11)20-14(17)9-13(19-20)10-5-2-1-3-6-10/h1-9H. The van der Waals surface area contributed by atoms with Crippen molar-refractivity contribution in [3.8, 4) is 16.9 Å². The van der Waals surface area contributed by atoms with E-state index in [1.54, 1.807) is 12.1 Å². The molecule has 2 aromatic carbocycles. The van der Waals surface area contributed by atoms with Crippen LogP contribution >= 0.6 is 23.2 Å². The van der Waals surface area contributed by atoms with Crippen molar-refractivity contribution in [2.24, 2.45) is 0 Å². The van der Waals surface area contributed by atoms with E-state index in [4.69, 9.17) is 23.2 Å². The van der Waals surface area contributed by atoms with Gasteiger partial charge in [0.2, 0.25) is 0 Å². The lowest BCUT2D eigenvalue weighted by Crippen LogP contribution is -2.01. The third-order valence-electron chi connectivity index (χ3n) is 2.88. The first-order valence-corrected chi connectivity index (χ1v) is 6.68. The van der Waals surface area contributed by atoms with Crippen molar-refractivity contribution >= 4 is 23.2 Å². The Kier molecular flexibility index (Phi) is 3.47. The van der Waals surface area contributed by atoms with Gasteiger partial charge in [-0.15, -0.1) is 0 Å². The smallest absolute Gasteiger partial charge is 0.150 e. The molecule has 1 heterocycles. The Hall–Kier alpha value is -1.84. The number of benzene rings is 2. The van der Waals surface area contributed by atoms with Gasteiger partial charge in [0.05, 0.1) is 10.7 Å². The van der Waals surface area contributed by atoms with E-state index in [0.29, 0.717) is 10.8 Å². The van der Waals surface area contributed by atoms with E-state index in [2.05, 4.69) is 5.10 Å². The second kappa shape index (κ2) is 5.27. The van der Waals surface area contributed by atoms with Gasteiger partial charge >= 0.3 is 0 Å². The Morgan fingerprint density at radius 3 is 2.40 bits per heavy atom. The molecule has 3 rings (SSSR count). The predicted molar refractivity (Wildman–Crippen MR) is 79.0 cm³/mol. The average molecular weight is 307 g/mol. The van der Waals surface area contributed by atoms with Gasteiger partial charge in [0.1, 0.15) is 16.7 Å². The molecule has 0 amide bonds. The zero-order chi connectivity index (χ0) is 14.1. The summed E-state index contributed by atoms with van der Waals surface area (Å²) in [6, 6.07) is 15.7. The summed E-state index contributed by atoms with van der Waals surface area (Å²) in [5.41, 5.74) is 1.72. The molecule has 0 spiro atoms. The molecule has 0 unspecified atom stereocenters. The molecule has 20 heavy (non-hydrogen) atoms. The minimum atomic E-state index is -0.470. The van der Waals surface area contributed by atoms with Crippen LogP contribution in [0.25, 0.3) is 16.9 Å². The lowest BCUT2D eigenvalue weighted by Gasteiger charge is -2.06. The maximum Gasteiger partial charge on any atom is 0.150 e. The van der Waals surface area contributed by atoms with Crippen molar-refractivity contribution in [3.63, 3.8) is 0 Å². The molecule has 2 nitrogen and oxygen atoms in total. The molecule has 0 aliphatic heterocycles. The van der Waals surface area contributed by atoms with Crippen molar-refractivity contribution in [1.82, 2.24) is 9.78 Å². The summed E-state index contributed by atoms with van der Waals surface area (Å²) in [6.07, 6.45) is 0. The average Bonchev–Trinajstić information content (AvgIpc) is 2.82. The molecule has 100 valence electrons. The predicted octanol–water partition coefficient (Wildman–Crippen LogP) is 4.99. The molecule has 0 aliphatic rings. The van der Waals surface area contributed by atoms with Gasteiger partial charge in [-0.3, -0.25) is 0 Å². The van der Waals surface area contributed by atoms with Crippen LogP contribution in [-0.4, -0.2) is 9.78 Å². The van der Waals surface area contributed by atoms with E-state index in [0.717, 1.165) is 5.56 Å². The highest BCUT2D eigenvalue weighted by atomic mass is 35.5. The number of halogens is 3. The fourth-order valence-electron chi connectivity index (χ4n) is 1.96. The van der Waals surface area contributed by atoms with Crippen LogP contribution < -0.4 is 0 Å². The largest absolute Gasteiger partial charge is 0.217 e. The van der Waals surface area contributed by atoms with Crippen molar-refractivity contribution in [2.45, 2.75) is 0 Å². The molecule has 0 saturated carbocycles. The SMILES string of the molecule is Fc1cccc(Cl)c1-n1nc(-c2ccccc2)cc1Cl. The summed E-state index contributed by atoms with van der Waals surface area (Å²) in [6.45, 7) is 0. The van der Waals surface area contributed by atoms with Crippen LogP contribution in [0, 0.1) is 5.82 Å². The molecule has 5 heteroatoms. The highest BCUT2D eigenvalue weighted by Gasteiger charge is 2.15. The maximum absolute atomic E-state index is 13.9. The van der Waals surface area contributed by atoms with Crippen LogP contribution in [-0.2, 0) is 0 Å². The van der Waals surface area contributed by atoms with Gasteiger partial charge in [0.25, 0.3) is 0 Å². The third-order valence-corrected chi connectivity index (χ3v) is 3.46. The van der Waals surface area contributed by atoms with Crippen molar-refractivity contribution < 1.29 is 4.39 Å². The first-order valence-electron chi connectivity index (χ1n) is 5.92. The molecule has 0 fully saturated rings.